The van der Waals surface area contributed by atoms with Crippen LogP contribution in [0.2, 0.25) is 0 Å². The Morgan fingerprint density at radius 2 is 0.603 bits per heavy atom. The van der Waals surface area contributed by atoms with Gasteiger partial charge in [0.2, 0.25) is 5.91 Å². The van der Waals surface area contributed by atoms with Gasteiger partial charge in [-0.25, -0.2) is 0 Å². The second-order valence-corrected chi connectivity index (χ2v) is 24.9. The normalized spacial score (nSPS) is 12.5. The third-order valence-electron chi connectivity index (χ3n) is 17.1. The van der Waals surface area contributed by atoms with Gasteiger partial charge in [-0.2, -0.15) is 0 Å². The highest BCUT2D eigenvalue weighted by Crippen LogP contribution is 2.19. The fraction of sp³-hybridized carbons (Fsp3) is 0.944. The molecule has 6 heteroatoms. The highest BCUT2D eigenvalue weighted by atomic mass is 16.5. The Balaban J connectivity index is 3.35. The van der Waals surface area contributed by atoms with Crippen LogP contribution in [0.15, 0.2) is 12.2 Å². The molecule has 0 heterocycles. The highest BCUT2D eigenvalue weighted by molar-refractivity contribution is 5.76. The van der Waals surface area contributed by atoms with Gasteiger partial charge in [0.25, 0.3) is 0 Å². The first-order chi connectivity index (χ1) is 38.5. The summed E-state index contributed by atoms with van der Waals surface area (Å²) in [6, 6.07) is -0.540. The molecule has 2 atom stereocenters. The number of hydrogen-bond donors (Lipinski definition) is 3. The number of rotatable bonds is 68. The zero-order valence-corrected chi connectivity index (χ0v) is 53.2. The molecule has 0 aliphatic heterocycles. The van der Waals surface area contributed by atoms with Crippen molar-refractivity contribution >= 4 is 11.9 Å². The van der Waals surface area contributed by atoms with E-state index in [9.17, 15) is 19.8 Å². The van der Waals surface area contributed by atoms with Crippen LogP contribution < -0.4 is 5.32 Å². The number of allylic oxidation sites excluding steroid dienone is 2. The average Bonchev–Trinajstić information content (AvgIpc) is 3.44. The van der Waals surface area contributed by atoms with Crippen molar-refractivity contribution < 1.29 is 24.5 Å². The van der Waals surface area contributed by atoms with Gasteiger partial charge >= 0.3 is 5.97 Å². The van der Waals surface area contributed by atoms with E-state index >= 15 is 0 Å². The van der Waals surface area contributed by atoms with E-state index in [-0.39, 0.29) is 18.5 Å². The molecule has 0 rings (SSSR count). The molecule has 0 aliphatic rings. The van der Waals surface area contributed by atoms with Gasteiger partial charge in [-0.05, 0) is 51.4 Å². The number of aliphatic hydroxyl groups excluding tert-OH is 2. The first-order valence-electron chi connectivity index (χ1n) is 35.9. The van der Waals surface area contributed by atoms with Crippen molar-refractivity contribution in [1.29, 1.82) is 0 Å². The number of carbonyl (C=O) groups is 2. The summed E-state index contributed by atoms with van der Waals surface area (Å²) < 4.78 is 5.49. The Hall–Kier alpha value is -1.40. The predicted octanol–water partition coefficient (Wildman–Crippen LogP) is 23.1. The van der Waals surface area contributed by atoms with Crippen molar-refractivity contribution in [1.82, 2.24) is 5.32 Å². The molecule has 6 nitrogen and oxygen atoms in total. The molecule has 3 N–H and O–H groups in total. The maximum absolute atomic E-state index is 12.5. The van der Waals surface area contributed by atoms with Crippen LogP contribution in [0, 0.1) is 0 Å². The van der Waals surface area contributed by atoms with E-state index in [0.29, 0.717) is 25.9 Å². The molecule has 0 saturated heterocycles. The Labute approximate surface area is 489 Å². The van der Waals surface area contributed by atoms with Crippen LogP contribution in [0.3, 0.4) is 0 Å². The molecule has 464 valence electrons. The number of aliphatic hydroxyl groups is 2. The van der Waals surface area contributed by atoms with Crippen LogP contribution in [0.5, 0.6) is 0 Å². The zero-order valence-electron chi connectivity index (χ0n) is 53.2. The minimum Gasteiger partial charge on any atom is -0.466 e. The Kier molecular flexibility index (Phi) is 66.9. The number of amides is 1. The van der Waals surface area contributed by atoms with Gasteiger partial charge in [-0.1, -0.05) is 360 Å². The fourth-order valence-corrected chi connectivity index (χ4v) is 11.6. The third-order valence-corrected chi connectivity index (χ3v) is 17.1. The monoisotopic (exact) mass is 1100 g/mol. The van der Waals surface area contributed by atoms with Gasteiger partial charge < -0.3 is 20.3 Å². The maximum Gasteiger partial charge on any atom is 0.305 e. The van der Waals surface area contributed by atoms with E-state index in [1.54, 1.807) is 0 Å². The van der Waals surface area contributed by atoms with Gasteiger partial charge in [0.1, 0.15) is 0 Å². The van der Waals surface area contributed by atoms with Crippen molar-refractivity contribution in [2.24, 2.45) is 0 Å². The second kappa shape index (κ2) is 68.1. The van der Waals surface area contributed by atoms with Crippen LogP contribution in [0.4, 0.5) is 0 Å². The lowest BCUT2D eigenvalue weighted by Crippen LogP contribution is -2.45. The molecule has 0 spiro atoms. The van der Waals surface area contributed by atoms with Crippen LogP contribution in [0.1, 0.15) is 412 Å². The van der Waals surface area contributed by atoms with E-state index in [4.69, 9.17) is 4.74 Å². The first-order valence-corrected chi connectivity index (χ1v) is 35.9. The molecule has 0 fully saturated rings. The number of carbonyl (C=O) groups excluding carboxylic acids is 2. The third kappa shape index (κ3) is 63.8. The summed E-state index contributed by atoms with van der Waals surface area (Å²) >= 11 is 0. The Morgan fingerprint density at radius 3 is 0.910 bits per heavy atom. The van der Waals surface area contributed by atoms with Gasteiger partial charge in [-0.15, -0.1) is 0 Å². The van der Waals surface area contributed by atoms with Gasteiger partial charge in [0.05, 0.1) is 25.4 Å². The first kappa shape index (κ1) is 76.6. The molecule has 0 aromatic rings. The lowest BCUT2D eigenvalue weighted by atomic mass is 10.0. The van der Waals surface area contributed by atoms with E-state index in [0.717, 1.165) is 44.9 Å². The number of ether oxygens (including phenoxy) is 1. The molecular formula is C72H141NO5. The van der Waals surface area contributed by atoms with E-state index < -0.39 is 12.1 Å². The standard InChI is InChI=1S/C72H141NO5/c1-3-5-7-9-11-13-15-17-19-20-21-28-31-34-37-40-44-48-52-56-60-64-70(75)69(68-74)73-71(76)65-61-57-53-49-45-41-38-35-32-29-26-24-22-23-25-27-30-33-36-39-43-47-51-55-59-63-67-78-72(77)66-62-58-54-50-46-42-18-16-14-12-10-8-6-4-2/h16,18,69-70,74-75H,3-15,17,19-68H2,1-2H3,(H,73,76)/b18-16-. The molecule has 0 bridgehead atoms. The molecule has 0 aromatic heterocycles. The van der Waals surface area contributed by atoms with Crippen LogP contribution in [0.25, 0.3) is 0 Å². The van der Waals surface area contributed by atoms with Crippen molar-refractivity contribution in [3.8, 4) is 0 Å². The molecule has 2 unspecified atom stereocenters. The molecule has 0 radical (unpaired) electrons. The van der Waals surface area contributed by atoms with E-state index in [2.05, 4.69) is 31.3 Å². The van der Waals surface area contributed by atoms with E-state index in [1.165, 1.54) is 334 Å². The van der Waals surface area contributed by atoms with Gasteiger partial charge in [-0.3, -0.25) is 9.59 Å². The number of hydrogen-bond acceptors (Lipinski definition) is 5. The SMILES string of the molecule is CCCCCCC/C=C\CCCCCCCC(=O)OCCCCCCCCCCCCCCCCCCCCCCCCCCCCC(=O)NC(CO)C(O)CCCCCCCCCCCCCCCCCCCCCCC. The van der Waals surface area contributed by atoms with Gasteiger partial charge in [0.15, 0.2) is 0 Å². The highest BCUT2D eigenvalue weighted by Gasteiger charge is 2.20. The molecule has 1 amide bonds. The lowest BCUT2D eigenvalue weighted by Gasteiger charge is -2.22. The predicted molar refractivity (Wildman–Crippen MR) is 343 cm³/mol. The fourth-order valence-electron chi connectivity index (χ4n) is 11.6. The Bertz CT molecular complexity index is 1180. The summed E-state index contributed by atoms with van der Waals surface area (Å²) in [5.41, 5.74) is 0. The largest absolute Gasteiger partial charge is 0.466 e. The summed E-state index contributed by atoms with van der Waals surface area (Å²) in [6.07, 6.45) is 84.0. The molecule has 78 heavy (non-hydrogen) atoms. The average molecular weight is 1100 g/mol. The van der Waals surface area contributed by atoms with Crippen LogP contribution in [-0.4, -0.2) is 47.4 Å². The summed E-state index contributed by atoms with van der Waals surface area (Å²) in [6.45, 7) is 4.99. The summed E-state index contributed by atoms with van der Waals surface area (Å²) in [7, 11) is 0. The summed E-state index contributed by atoms with van der Waals surface area (Å²) in [5, 5.41) is 23.4. The number of nitrogens with one attached hydrogen (secondary N) is 1. The summed E-state index contributed by atoms with van der Waals surface area (Å²) in [5.74, 6) is -0.0179. The molecular weight excluding hydrogens is 959 g/mol. The maximum atomic E-state index is 12.5. The van der Waals surface area contributed by atoms with Crippen LogP contribution in [-0.2, 0) is 14.3 Å². The van der Waals surface area contributed by atoms with Crippen molar-refractivity contribution in [3.63, 3.8) is 0 Å². The topological polar surface area (TPSA) is 95.9 Å². The minimum atomic E-state index is -0.663. The zero-order chi connectivity index (χ0) is 56.4. The second-order valence-electron chi connectivity index (χ2n) is 24.9. The number of esters is 1. The smallest absolute Gasteiger partial charge is 0.305 e. The van der Waals surface area contributed by atoms with Gasteiger partial charge in [0, 0.05) is 12.8 Å². The van der Waals surface area contributed by atoms with Crippen LogP contribution >= 0.6 is 0 Å². The van der Waals surface area contributed by atoms with E-state index in [1.807, 2.05) is 0 Å². The van der Waals surface area contributed by atoms with Crippen molar-refractivity contribution in [3.05, 3.63) is 12.2 Å². The molecule has 0 aliphatic carbocycles. The molecule has 0 aromatic carbocycles. The lowest BCUT2D eigenvalue weighted by molar-refractivity contribution is -0.143. The Morgan fingerprint density at radius 1 is 0.346 bits per heavy atom. The number of unbranched alkanes of at least 4 members (excludes halogenated alkanes) is 55. The van der Waals surface area contributed by atoms with Crippen molar-refractivity contribution in [2.45, 2.75) is 424 Å². The molecule has 0 saturated carbocycles. The summed E-state index contributed by atoms with van der Waals surface area (Å²) in [4.78, 5) is 24.6. The minimum absolute atomic E-state index is 0.00984. The van der Waals surface area contributed by atoms with Crippen molar-refractivity contribution in [2.75, 3.05) is 13.2 Å². The quantitative estimate of drug-likeness (QED) is 0.0320.